The van der Waals surface area contributed by atoms with E-state index in [1.54, 1.807) is 0 Å². The van der Waals surface area contributed by atoms with Gasteiger partial charge < -0.3 is 10.1 Å². The maximum atomic E-state index is 5.39. The highest BCUT2D eigenvalue weighted by Crippen LogP contribution is 2.27. The van der Waals surface area contributed by atoms with E-state index in [0.717, 1.165) is 31.1 Å². The predicted molar refractivity (Wildman–Crippen MR) is 58.3 cm³/mol. The lowest BCUT2D eigenvalue weighted by Crippen LogP contribution is -2.37. The van der Waals surface area contributed by atoms with E-state index in [-0.39, 0.29) is 0 Å². The molecule has 2 aliphatic rings. The van der Waals surface area contributed by atoms with Gasteiger partial charge in [-0.25, -0.2) is 0 Å². The highest BCUT2D eigenvalue weighted by Gasteiger charge is 2.22. The first-order valence-electron chi connectivity index (χ1n) is 6.15. The predicted octanol–water partition coefficient (Wildman–Crippen LogP) is 2.19. The molecular weight excluding hydrogens is 174 g/mol. The molecule has 0 aromatic carbocycles. The molecule has 0 saturated carbocycles. The quantitative estimate of drug-likeness (QED) is 0.732. The summed E-state index contributed by atoms with van der Waals surface area (Å²) in [5, 5.41) is 3.59. The molecule has 2 unspecified atom stereocenters. The monoisotopic (exact) mass is 197 g/mol. The standard InChI is InChI=1S/C12H23NO/c1-10-2-3-12(9-13-10)8-11-4-6-14-7-5-11/h10-13H,2-9H2,1H3. The van der Waals surface area contributed by atoms with Crippen molar-refractivity contribution in [2.75, 3.05) is 19.8 Å². The van der Waals surface area contributed by atoms with Crippen LogP contribution in [0.4, 0.5) is 0 Å². The molecule has 2 heterocycles. The van der Waals surface area contributed by atoms with E-state index >= 15 is 0 Å². The molecule has 2 atom stereocenters. The van der Waals surface area contributed by atoms with Crippen LogP contribution in [0.15, 0.2) is 0 Å². The van der Waals surface area contributed by atoms with Crippen molar-refractivity contribution in [3.63, 3.8) is 0 Å². The molecule has 0 aromatic rings. The van der Waals surface area contributed by atoms with E-state index in [1.165, 1.54) is 38.6 Å². The van der Waals surface area contributed by atoms with Crippen LogP contribution in [0.5, 0.6) is 0 Å². The average molecular weight is 197 g/mol. The second kappa shape index (κ2) is 5.13. The zero-order chi connectivity index (χ0) is 9.80. The van der Waals surface area contributed by atoms with Gasteiger partial charge in [0, 0.05) is 19.3 Å². The highest BCUT2D eigenvalue weighted by atomic mass is 16.5. The minimum absolute atomic E-state index is 0.751. The van der Waals surface area contributed by atoms with Gasteiger partial charge in [0.1, 0.15) is 0 Å². The molecule has 0 spiro atoms. The summed E-state index contributed by atoms with van der Waals surface area (Å²) in [6.45, 7) is 5.55. The van der Waals surface area contributed by atoms with Gasteiger partial charge in [0.15, 0.2) is 0 Å². The van der Waals surface area contributed by atoms with Crippen molar-refractivity contribution in [1.82, 2.24) is 5.32 Å². The Morgan fingerprint density at radius 3 is 2.50 bits per heavy atom. The van der Waals surface area contributed by atoms with Gasteiger partial charge in [-0.2, -0.15) is 0 Å². The van der Waals surface area contributed by atoms with Crippen molar-refractivity contribution in [3.8, 4) is 0 Å². The van der Waals surface area contributed by atoms with Crippen LogP contribution in [-0.2, 0) is 4.74 Å². The summed E-state index contributed by atoms with van der Waals surface area (Å²) in [5.41, 5.74) is 0. The van der Waals surface area contributed by atoms with Crippen LogP contribution >= 0.6 is 0 Å². The Bertz CT molecular complexity index is 158. The van der Waals surface area contributed by atoms with Crippen molar-refractivity contribution >= 4 is 0 Å². The fourth-order valence-corrected chi connectivity index (χ4v) is 2.71. The van der Waals surface area contributed by atoms with Gasteiger partial charge >= 0.3 is 0 Å². The number of rotatable bonds is 2. The molecule has 2 heteroatoms. The highest BCUT2D eigenvalue weighted by molar-refractivity contribution is 4.77. The maximum Gasteiger partial charge on any atom is 0.0468 e. The average Bonchev–Trinajstić information content (AvgIpc) is 2.23. The summed E-state index contributed by atoms with van der Waals surface area (Å²) in [5.74, 6) is 1.89. The fourth-order valence-electron chi connectivity index (χ4n) is 2.71. The van der Waals surface area contributed by atoms with Crippen LogP contribution in [0.3, 0.4) is 0 Å². The molecular formula is C12H23NO. The summed E-state index contributed by atoms with van der Waals surface area (Å²) in [6.07, 6.45) is 6.83. The zero-order valence-corrected chi connectivity index (χ0v) is 9.30. The summed E-state index contributed by atoms with van der Waals surface area (Å²) in [7, 11) is 0. The zero-order valence-electron chi connectivity index (χ0n) is 9.30. The molecule has 0 radical (unpaired) electrons. The summed E-state index contributed by atoms with van der Waals surface area (Å²) < 4.78 is 5.39. The van der Waals surface area contributed by atoms with Crippen LogP contribution in [0.25, 0.3) is 0 Å². The topological polar surface area (TPSA) is 21.3 Å². The molecule has 0 amide bonds. The summed E-state index contributed by atoms with van der Waals surface area (Å²) in [4.78, 5) is 0. The van der Waals surface area contributed by atoms with E-state index in [4.69, 9.17) is 4.74 Å². The van der Waals surface area contributed by atoms with Crippen molar-refractivity contribution in [2.45, 2.75) is 45.1 Å². The minimum Gasteiger partial charge on any atom is -0.381 e. The summed E-state index contributed by atoms with van der Waals surface area (Å²) >= 11 is 0. The van der Waals surface area contributed by atoms with Crippen LogP contribution in [0.1, 0.15) is 39.0 Å². The first kappa shape index (κ1) is 10.4. The van der Waals surface area contributed by atoms with Crippen molar-refractivity contribution in [2.24, 2.45) is 11.8 Å². The van der Waals surface area contributed by atoms with Gasteiger partial charge in [0.2, 0.25) is 0 Å². The Labute approximate surface area is 87.4 Å². The first-order chi connectivity index (χ1) is 6.84. The molecule has 2 aliphatic heterocycles. The van der Waals surface area contributed by atoms with Gasteiger partial charge in [-0.1, -0.05) is 0 Å². The Balaban J connectivity index is 1.68. The Hall–Kier alpha value is -0.0800. The number of nitrogens with one attached hydrogen (secondary N) is 1. The molecule has 82 valence electrons. The third-order valence-corrected chi connectivity index (χ3v) is 3.77. The normalized spacial score (nSPS) is 35.8. The number of hydrogen-bond donors (Lipinski definition) is 1. The maximum absolute atomic E-state index is 5.39. The first-order valence-corrected chi connectivity index (χ1v) is 6.15. The Morgan fingerprint density at radius 1 is 1.07 bits per heavy atom. The second-order valence-corrected chi connectivity index (χ2v) is 5.04. The van der Waals surface area contributed by atoms with Gasteiger partial charge in [-0.05, 0) is 57.4 Å². The van der Waals surface area contributed by atoms with Crippen molar-refractivity contribution in [3.05, 3.63) is 0 Å². The fraction of sp³-hybridized carbons (Fsp3) is 1.00. The van der Waals surface area contributed by atoms with Gasteiger partial charge in [-0.3, -0.25) is 0 Å². The Kier molecular flexibility index (Phi) is 3.82. The molecule has 2 saturated heterocycles. The molecule has 2 rings (SSSR count). The molecule has 1 N–H and O–H groups in total. The van der Waals surface area contributed by atoms with Crippen molar-refractivity contribution in [1.29, 1.82) is 0 Å². The Morgan fingerprint density at radius 2 is 1.86 bits per heavy atom. The van der Waals surface area contributed by atoms with E-state index in [1.807, 2.05) is 0 Å². The third kappa shape index (κ3) is 2.96. The van der Waals surface area contributed by atoms with Gasteiger partial charge in [0.05, 0.1) is 0 Å². The van der Waals surface area contributed by atoms with Gasteiger partial charge in [0.25, 0.3) is 0 Å². The molecule has 0 aromatic heterocycles. The summed E-state index contributed by atoms with van der Waals surface area (Å²) in [6, 6.07) is 0.751. The van der Waals surface area contributed by atoms with E-state index < -0.39 is 0 Å². The third-order valence-electron chi connectivity index (χ3n) is 3.77. The van der Waals surface area contributed by atoms with E-state index in [9.17, 15) is 0 Å². The van der Waals surface area contributed by atoms with Crippen LogP contribution < -0.4 is 5.32 Å². The van der Waals surface area contributed by atoms with E-state index in [0.29, 0.717) is 0 Å². The number of piperidine rings is 1. The molecule has 14 heavy (non-hydrogen) atoms. The SMILES string of the molecule is CC1CCC(CC2CCOCC2)CN1. The minimum atomic E-state index is 0.751. The van der Waals surface area contributed by atoms with Crippen molar-refractivity contribution < 1.29 is 4.74 Å². The largest absolute Gasteiger partial charge is 0.381 e. The van der Waals surface area contributed by atoms with E-state index in [2.05, 4.69) is 12.2 Å². The van der Waals surface area contributed by atoms with Crippen LogP contribution in [0.2, 0.25) is 0 Å². The lowest BCUT2D eigenvalue weighted by Gasteiger charge is -2.31. The smallest absolute Gasteiger partial charge is 0.0468 e. The molecule has 2 fully saturated rings. The van der Waals surface area contributed by atoms with Crippen LogP contribution in [0, 0.1) is 11.8 Å². The second-order valence-electron chi connectivity index (χ2n) is 5.04. The van der Waals surface area contributed by atoms with Crippen LogP contribution in [-0.4, -0.2) is 25.8 Å². The number of ether oxygens (including phenoxy) is 1. The molecule has 0 bridgehead atoms. The molecule has 0 aliphatic carbocycles. The van der Waals surface area contributed by atoms with Gasteiger partial charge in [-0.15, -0.1) is 0 Å². The number of hydrogen-bond acceptors (Lipinski definition) is 2. The lowest BCUT2D eigenvalue weighted by molar-refractivity contribution is 0.0564. The lowest BCUT2D eigenvalue weighted by atomic mass is 9.84. The molecule has 2 nitrogen and oxygen atoms in total.